The van der Waals surface area contributed by atoms with Crippen LogP contribution in [-0.4, -0.2) is 89.1 Å². The van der Waals surface area contributed by atoms with E-state index >= 15 is 0 Å². The molecule has 160 valence electrons. The second-order valence-electron chi connectivity index (χ2n) is 8.57. The summed E-state index contributed by atoms with van der Waals surface area (Å²) in [5.41, 5.74) is 0. The Kier molecular flexibility index (Phi) is 6.53. The second-order valence-corrected chi connectivity index (χ2v) is 9.60. The number of fused-ring (bicyclic) bond motifs is 1. The predicted molar refractivity (Wildman–Crippen MR) is 113 cm³/mol. The Morgan fingerprint density at radius 2 is 2.07 bits per heavy atom. The number of aliphatic hydroxyl groups is 1. The number of thiophene rings is 1. The van der Waals surface area contributed by atoms with Gasteiger partial charge in [0.15, 0.2) is 0 Å². The maximum Gasteiger partial charge on any atom is 0.239 e. The molecule has 2 amide bonds. The van der Waals surface area contributed by atoms with Crippen LogP contribution in [0.2, 0.25) is 0 Å². The van der Waals surface area contributed by atoms with Crippen molar-refractivity contribution in [1.82, 2.24) is 20.0 Å². The van der Waals surface area contributed by atoms with Gasteiger partial charge in [0, 0.05) is 56.1 Å². The average molecular weight is 421 g/mol. The first-order valence-corrected chi connectivity index (χ1v) is 11.6. The summed E-state index contributed by atoms with van der Waals surface area (Å²) in [5.74, 6) is 0.290. The van der Waals surface area contributed by atoms with Crippen molar-refractivity contribution in [3.05, 3.63) is 22.4 Å². The third kappa shape index (κ3) is 4.66. The van der Waals surface area contributed by atoms with Gasteiger partial charge in [-0.2, -0.15) is 0 Å². The number of amides is 2. The fourth-order valence-corrected chi connectivity index (χ4v) is 5.72. The molecule has 4 rings (SSSR count). The second kappa shape index (κ2) is 9.12. The summed E-state index contributed by atoms with van der Waals surface area (Å²) in [7, 11) is 2.11. The number of nitrogens with one attached hydrogen (secondary N) is 1. The van der Waals surface area contributed by atoms with Crippen LogP contribution in [0.15, 0.2) is 17.5 Å². The van der Waals surface area contributed by atoms with E-state index in [-0.39, 0.29) is 36.0 Å². The summed E-state index contributed by atoms with van der Waals surface area (Å²) >= 11 is 1.74. The molecule has 0 spiro atoms. The third-order valence-electron chi connectivity index (χ3n) is 6.80. The van der Waals surface area contributed by atoms with Crippen LogP contribution < -0.4 is 5.32 Å². The first-order valence-electron chi connectivity index (χ1n) is 10.7. The van der Waals surface area contributed by atoms with Crippen LogP contribution in [0.25, 0.3) is 0 Å². The Labute approximate surface area is 176 Å². The van der Waals surface area contributed by atoms with Gasteiger partial charge in [-0.15, -0.1) is 11.3 Å². The van der Waals surface area contributed by atoms with E-state index in [9.17, 15) is 14.7 Å². The minimum Gasteiger partial charge on any atom is -0.393 e. The van der Waals surface area contributed by atoms with Crippen molar-refractivity contribution in [1.29, 1.82) is 0 Å². The number of piperidine rings is 1. The van der Waals surface area contributed by atoms with Crippen molar-refractivity contribution < 1.29 is 14.7 Å². The molecule has 8 heteroatoms. The molecule has 4 heterocycles. The van der Waals surface area contributed by atoms with Gasteiger partial charge in [-0.3, -0.25) is 19.4 Å². The maximum atomic E-state index is 12.9. The van der Waals surface area contributed by atoms with E-state index in [0.717, 1.165) is 25.9 Å². The molecule has 3 aliphatic rings. The highest BCUT2D eigenvalue weighted by Crippen LogP contribution is 2.29. The summed E-state index contributed by atoms with van der Waals surface area (Å²) in [6.07, 6.45) is 3.32. The number of likely N-dealkylation sites (tertiary alicyclic amines) is 2. The van der Waals surface area contributed by atoms with Gasteiger partial charge in [-0.1, -0.05) is 6.07 Å². The van der Waals surface area contributed by atoms with Gasteiger partial charge in [0.05, 0.1) is 6.10 Å². The highest BCUT2D eigenvalue weighted by atomic mass is 32.1. The molecule has 3 saturated heterocycles. The number of aliphatic hydroxyl groups excluding tert-OH is 1. The largest absolute Gasteiger partial charge is 0.393 e. The smallest absolute Gasteiger partial charge is 0.239 e. The fraction of sp³-hybridized carbons (Fsp3) is 0.714. The standard InChI is InChI=1S/C21H32N4O3S/c1-23-15(4-5-19(27)24-9-6-16(26)7-10-24)13-22-21(28)20-18(23)8-11-25(20)14-17-3-2-12-29-17/h2-3,12,15-16,18,20,26H,4-11,13-14H2,1H3,(H,22,28)/t15-,18+,20-/m0/s1. The molecule has 0 aromatic carbocycles. The van der Waals surface area contributed by atoms with E-state index in [1.165, 1.54) is 4.88 Å². The predicted octanol–water partition coefficient (Wildman–Crippen LogP) is 0.885. The number of hydrogen-bond donors (Lipinski definition) is 2. The fourth-order valence-electron chi connectivity index (χ4n) is 4.99. The molecule has 1 aromatic rings. The van der Waals surface area contributed by atoms with E-state index in [1.807, 2.05) is 4.90 Å². The van der Waals surface area contributed by atoms with Gasteiger partial charge in [-0.25, -0.2) is 0 Å². The Balaban J connectivity index is 1.35. The summed E-state index contributed by atoms with van der Waals surface area (Å²) < 4.78 is 0. The number of likely N-dealkylation sites (N-methyl/N-ethyl adjacent to an activating group) is 1. The molecule has 0 bridgehead atoms. The third-order valence-corrected chi connectivity index (χ3v) is 7.66. The van der Waals surface area contributed by atoms with Gasteiger partial charge in [0.1, 0.15) is 6.04 Å². The molecular formula is C21H32N4O3S. The zero-order chi connectivity index (χ0) is 20.4. The first-order chi connectivity index (χ1) is 14.0. The lowest BCUT2D eigenvalue weighted by atomic mass is 10.0. The molecule has 0 aliphatic carbocycles. The Morgan fingerprint density at radius 1 is 1.28 bits per heavy atom. The zero-order valence-corrected chi connectivity index (χ0v) is 17.9. The van der Waals surface area contributed by atoms with Gasteiger partial charge in [-0.05, 0) is 44.2 Å². The lowest BCUT2D eigenvalue weighted by Crippen LogP contribution is -2.49. The highest BCUT2D eigenvalue weighted by molar-refractivity contribution is 7.09. The van der Waals surface area contributed by atoms with Crippen LogP contribution in [0, 0.1) is 0 Å². The minimum absolute atomic E-state index is 0.119. The van der Waals surface area contributed by atoms with Crippen LogP contribution >= 0.6 is 11.3 Å². The Bertz CT molecular complexity index is 705. The summed E-state index contributed by atoms with van der Waals surface area (Å²) in [6.45, 7) is 3.65. The lowest BCUT2D eigenvalue weighted by Gasteiger charge is -2.34. The van der Waals surface area contributed by atoms with Crippen LogP contribution in [0.4, 0.5) is 0 Å². The zero-order valence-electron chi connectivity index (χ0n) is 17.1. The number of rotatable bonds is 5. The van der Waals surface area contributed by atoms with Gasteiger partial charge in [0.25, 0.3) is 0 Å². The van der Waals surface area contributed by atoms with Crippen LogP contribution in [0.5, 0.6) is 0 Å². The molecule has 7 nitrogen and oxygen atoms in total. The number of nitrogens with zero attached hydrogens (tertiary/aromatic N) is 3. The highest BCUT2D eigenvalue weighted by Gasteiger charge is 2.45. The first kappa shape index (κ1) is 20.8. The average Bonchev–Trinajstić information content (AvgIpc) is 3.35. The van der Waals surface area contributed by atoms with Crippen molar-refractivity contribution in [2.24, 2.45) is 0 Å². The molecular weight excluding hydrogens is 388 g/mol. The lowest BCUT2D eigenvalue weighted by molar-refractivity contribution is -0.133. The summed E-state index contributed by atoms with van der Waals surface area (Å²) in [4.78, 5) is 33.3. The number of carbonyl (C=O) groups excluding carboxylic acids is 2. The van der Waals surface area contributed by atoms with Crippen molar-refractivity contribution in [2.45, 2.75) is 62.9 Å². The normalized spacial score (nSPS) is 29.5. The molecule has 3 fully saturated rings. The van der Waals surface area contributed by atoms with Crippen molar-refractivity contribution in [3.8, 4) is 0 Å². The SMILES string of the molecule is CN1[C@@H](CCC(=O)N2CCC(O)CC2)CNC(=O)[C@@H]2[C@H]1CCN2Cc1cccs1. The molecule has 1 aromatic heterocycles. The van der Waals surface area contributed by atoms with E-state index in [1.54, 1.807) is 11.3 Å². The van der Waals surface area contributed by atoms with E-state index in [0.29, 0.717) is 38.9 Å². The Morgan fingerprint density at radius 3 is 2.79 bits per heavy atom. The Hall–Kier alpha value is -1.48. The molecule has 0 unspecified atom stereocenters. The van der Waals surface area contributed by atoms with Crippen LogP contribution in [0.1, 0.15) is 37.0 Å². The molecule has 29 heavy (non-hydrogen) atoms. The molecule has 3 aliphatic heterocycles. The number of carbonyl (C=O) groups is 2. The van der Waals surface area contributed by atoms with Crippen molar-refractivity contribution >= 4 is 23.2 Å². The molecule has 0 saturated carbocycles. The summed E-state index contributed by atoms with van der Waals surface area (Å²) in [6, 6.07) is 4.44. The van der Waals surface area contributed by atoms with Crippen LogP contribution in [-0.2, 0) is 16.1 Å². The molecule has 0 radical (unpaired) electrons. The van der Waals surface area contributed by atoms with E-state index in [2.05, 4.69) is 39.7 Å². The van der Waals surface area contributed by atoms with Crippen molar-refractivity contribution in [3.63, 3.8) is 0 Å². The van der Waals surface area contributed by atoms with Crippen molar-refractivity contribution in [2.75, 3.05) is 33.2 Å². The van der Waals surface area contributed by atoms with Crippen LogP contribution in [0.3, 0.4) is 0 Å². The number of hydrogen-bond acceptors (Lipinski definition) is 6. The van der Waals surface area contributed by atoms with E-state index in [4.69, 9.17) is 0 Å². The van der Waals surface area contributed by atoms with Gasteiger partial charge in [0.2, 0.25) is 11.8 Å². The monoisotopic (exact) mass is 420 g/mol. The molecule has 3 atom stereocenters. The summed E-state index contributed by atoms with van der Waals surface area (Å²) in [5, 5.41) is 14.9. The quantitative estimate of drug-likeness (QED) is 0.740. The maximum absolute atomic E-state index is 12.9. The molecule has 2 N–H and O–H groups in total. The minimum atomic E-state index is -0.265. The van der Waals surface area contributed by atoms with Gasteiger partial charge >= 0.3 is 0 Å². The van der Waals surface area contributed by atoms with E-state index < -0.39 is 0 Å². The van der Waals surface area contributed by atoms with Gasteiger partial charge < -0.3 is 15.3 Å². The topological polar surface area (TPSA) is 76.1 Å².